The maximum Gasteiger partial charge on any atom is 0.416 e. The molecule has 1 unspecified atom stereocenters. The van der Waals surface area contributed by atoms with Gasteiger partial charge < -0.3 is 14.2 Å². The van der Waals surface area contributed by atoms with Gasteiger partial charge in [0.05, 0.1) is 18.2 Å². The fourth-order valence-corrected chi connectivity index (χ4v) is 6.66. The zero-order chi connectivity index (χ0) is 29.9. The van der Waals surface area contributed by atoms with E-state index in [9.17, 15) is 13.2 Å². The van der Waals surface area contributed by atoms with Crippen molar-refractivity contribution in [2.75, 3.05) is 24.6 Å². The molecule has 0 saturated carbocycles. The normalized spacial score (nSPS) is 23.1. The van der Waals surface area contributed by atoms with Gasteiger partial charge in [-0.2, -0.15) is 18.2 Å². The molecule has 0 radical (unpaired) electrons. The van der Waals surface area contributed by atoms with Gasteiger partial charge in [-0.05, 0) is 51.7 Å². The Hall–Kier alpha value is -3.32. The highest BCUT2D eigenvalue weighted by atomic mass is 19.4. The number of halogens is 4. The predicted octanol–water partition coefficient (Wildman–Crippen LogP) is 5.42. The molecule has 9 nitrogen and oxygen atoms in total. The number of ether oxygens (including phenoxy) is 1. The number of alkyl halides is 3. The van der Waals surface area contributed by atoms with Crippen molar-refractivity contribution in [2.24, 2.45) is 5.92 Å². The highest BCUT2D eigenvalue weighted by Crippen LogP contribution is 2.39. The topological polar surface area (TPSA) is 76.6 Å². The zero-order valence-electron chi connectivity index (χ0n) is 24.4. The number of aryl methyl sites for hydroxylation is 1. The second-order valence-electron chi connectivity index (χ2n) is 12.0. The van der Waals surface area contributed by atoms with Crippen molar-refractivity contribution in [3.8, 4) is 0 Å². The number of aromatic nitrogens is 6. The van der Waals surface area contributed by atoms with Crippen LogP contribution in [-0.4, -0.2) is 71.9 Å². The Morgan fingerprint density at radius 2 is 1.88 bits per heavy atom. The molecule has 2 saturated heterocycles. The third-order valence-corrected chi connectivity index (χ3v) is 8.66. The Morgan fingerprint density at radius 3 is 2.55 bits per heavy atom. The van der Waals surface area contributed by atoms with Crippen molar-refractivity contribution >= 4 is 22.8 Å². The largest absolute Gasteiger partial charge is 0.416 e. The molecule has 0 spiro atoms. The molecule has 13 heteroatoms. The average molecular weight is 589 g/mol. The summed E-state index contributed by atoms with van der Waals surface area (Å²) in [5.74, 6) is 1.16. The maximum atomic E-state index is 15.2. The van der Waals surface area contributed by atoms with Crippen LogP contribution >= 0.6 is 0 Å². The van der Waals surface area contributed by atoms with Crippen molar-refractivity contribution in [3.63, 3.8) is 0 Å². The van der Waals surface area contributed by atoms with Crippen LogP contribution in [0.5, 0.6) is 0 Å². The number of rotatable bonds is 6. The molecule has 0 amide bonds. The lowest BCUT2D eigenvalue weighted by molar-refractivity contribution is -0.137. The molecular formula is C29H36F4N8O. The van der Waals surface area contributed by atoms with Crippen LogP contribution in [0, 0.1) is 18.7 Å². The van der Waals surface area contributed by atoms with E-state index in [1.165, 1.54) is 6.07 Å². The fraction of sp³-hybridized carbons (Fsp3) is 0.586. The van der Waals surface area contributed by atoms with Gasteiger partial charge in [0.15, 0.2) is 11.5 Å². The Labute approximate surface area is 241 Å². The first kappa shape index (κ1) is 28.8. The van der Waals surface area contributed by atoms with Gasteiger partial charge in [-0.25, -0.2) is 13.8 Å². The first-order valence-corrected chi connectivity index (χ1v) is 14.5. The minimum atomic E-state index is -4.60. The minimum absolute atomic E-state index is 0.0363. The number of nitrogens with zero attached hydrogens (tertiary/aromatic N) is 8. The molecule has 2 fully saturated rings. The molecule has 0 N–H and O–H groups in total. The Kier molecular flexibility index (Phi) is 7.37. The molecule has 5 heterocycles. The summed E-state index contributed by atoms with van der Waals surface area (Å²) in [7, 11) is 0. The van der Waals surface area contributed by atoms with Crippen LogP contribution in [0.25, 0.3) is 16.9 Å². The van der Waals surface area contributed by atoms with Gasteiger partial charge in [-0.15, -0.1) is 10.2 Å². The van der Waals surface area contributed by atoms with Crippen molar-refractivity contribution in [1.82, 2.24) is 34.0 Å². The van der Waals surface area contributed by atoms with E-state index in [0.29, 0.717) is 37.3 Å². The molecule has 4 aromatic rings. The minimum Gasteiger partial charge on any atom is -0.376 e. The third kappa shape index (κ3) is 5.00. The van der Waals surface area contributed by atoms with Crippen molar-refractivity contribution in [1.29, 1.82) is 0 Å². The lowest BCUT2D eigenvalue weighted by Crippen LogP contribution is -2.58. The van der Waals surface area contributed by atoms with E-state index in [4.69, 9.17) is 14.7 Å². The molecule has 0 bridgehead atoms. The summed E-state index contributed by atoms with van der Waals surface area (Å²) in [6.45, 7) is 12.6. The summed E-state index contributed by atoms with van der Waals surface area (Å²) >= 11 is 0. The lowest BCUT2D eigenvalue weighted by Gasteiger charge is -2.49. The van der Waals surface area contributed by atoms with E-state index in [0.717, 1.165) is 42.5 Å². The van der Waals surface area contributed by atoms with Crippen LogP contribution in [0.3, 0.4) is 0 Å². The van der Waals surface area contributed by atoms with Gasteiger partial charge in [0.2, 0.25) is 0 Å². The van der Waals surface area contributed by atoms with Crippen LogP contribution in [0.1, 0.15) is 63.5 Å². The second-order valence-corrected chi connectivity index (χ2v) is 12.0. The van der Waals surface area contributed by atoms with Gasteiger partial charge in [-0.3, -0.25) is 4.90 Å². The fourth-order valence-electron chi connectivity index (χ4n) is 6.66. The van der Waals surface area contributed by atoms with Crippen LogP contribution in [0.4, 0.5) is 23.4 Å². The first-order chi connectivity index (χ1) is 19.9. The smallest absolute Gasteiger partial charge is 0.376 e. The first-order valence-electron chi connectivity index (χ1n) is 14.5. The van der Waals surface area contributed by atoms with E-state index in [-0.39, 0.29) is 29.7 Å². The molecule has 1 aromatic carbocycles. The third-order valence-electron chi connectivity index (χ3n) is 8.66. The number of hydrogen-bond donors (Lipinski definition) is 0. The Bertz CT molecular complexity index is 1590. The summed E-state index contributed by atoms with van der Waals surface area (Å²) in [6.07, 6.45) is -0.796. The Morgan fingerprint density at radius 1 is 1.10 bits per heavy atom. The molecule has 0 aliphatic carbocycles. The SMILES string of the molecule is Cc1nc2c(N3C[C@@H](C)N(C(c4ccc(C(F)(F)F)cc4F)C(C)C)C[C@@H]3C)nc3nncn3c2n1C[C@@H]1CCCO1. The molecule has 226 valence electrons. The van der Waals surface area contributed by atoms with E-state index < -0.39 is 23.6 Å². The molecule has 2 aliphatic heterocycles. The Balaban J connectivity index is 1.35. The van der Waals surface area contributed by atoms with E-state index in [1.54, 1.807) is 6.33 Å². The van der Waals surface area contributed by atoms with Gasteiger partial charge in [0.1, 0.15) is 23.5 Å². The predicted molar refractivity (Wildman–Crippen MR) is 150 cm³/mol. The summed E-state index contributed by atoms with van der Waals surface area (Å²) in [6, 6.07) is 2.37. The summed E-state index contributed by atoms with van der Waals surface area (Å²) in [4.78, 5) is 14.3. The van der Waals surface area contributed by atoms with E-state index in [2.05, 4.69) is 38.4 Å². The van der Waals surface area contributed by atoms with E-state index >= 15 is 4.39 Å². The number of piperazine rings is 1. The lowest BCUT2D eigenvalue weighted by atomic mass is 9.90. The van der Waals surface area contributed by atoms with Crippen molar-refractivity contribution < 1.29 is 22.3 Å². The second kappa shape index (κ2) is 10.7. The maximum absolute atomic E-state index is 15.2. The standard InChI is InChI=1S/C29H36F4N8O/c1-16(2)25(22-9-8-20(11-23(22)30)29(31,32)33)38-12-18(4)39(13-17(38)3)26-24-27(41-15-34-37-28(41)36-26)40(19(5)35-24)14-21-7-6-10-42-21/h8-9,11,15-18,21,25H,6-7,10,12-14H2,1-5H3/t17-,18+,21+,25?/m1/s1. The van der Waals surface area contributed by atoms with Crippen LogP contribution in [0.2, 0.25) is 0 Å². The average Bonchev–Trinajstić information content (AvgIpc) is 3.67. The van der Waals surface area contributed by atoms with Crippen molar-refractivity contribution in [2.45, 2.75) is 84.4 Å². The van der Waals surface area contributed by atoms with Crippen LogP contribution in [-0.2, 0) is 17.5 Å². The number of anilines is 1. The summed E-state index contributed by atoms with van der Waals surface area (Å²) < 4.78 is 64.8. The highest BCUT2D eigenvalue weighted by molar-refractivity contribution is 5.87. The molecule has 3 aromatic heterocycles. The molecule has 6 rings (SSSR count). The van der Waals surface area contributed by atoms with E-state index in [1.807, 2.05) is 25.2 Å². The molecule has 4 atom stereocenters. The monoisotopic (exact) mass is 588 g/mol. The number of imidazole rings is 1. The van der Waals surface area contributed by atoms with Gasteiger partial charge >= 0.3 is 6.18 Å². The van der Waals surface area contributed by atoms with Gasteiger partial charge in [0.25, 0.3) is 5.78 Å². The van der Waals surface area contributed by atoms with Crippen molar-refractivity contribution in [3.05, 3.63) is 47.3 Å². The zero-order valence-corrected chi connectivity index (χ0v) is 24.4. The molecular weight excluding hydrogens is 552 g/mol. The van der Waals surface area contributed by atoms with Gasteiger partial charge in [0, 0.05) is 43.4 Å². The van der Waals surface area contributed by atoms with Crippen LogP contribution in [0.15, 0.2) is 24.5 Å². The summed E-state index contributed by atoms with van der Waals surface area (Å²) in [5, 5.41) is 8.38. The quantitative estimate of drug-likeness (QED) is 0.279. The molecule has 2 aliphatic rings. The van der Waals surface area contributed by atoms with Crippen LogP contribution < -0.4 is 4.90 Å². The number of hydrogen-bond acceptors (Lipinski definition) is 7. The highest BCUT2D eigenvalue weighted by Gasteiger charge is 2.39. The number of fused-ring (bicyclic) bond motifs is 3. The molecule has 42 heavy (non-hydrogen) atoms. The summed E-state index contributed by atoms with van der Waals surface area (Å²) in [5.41, 5.74) is 0.909. The van der Waals surface area contributed by atoms with Gasteiger partial charge in [-0.1, -0.05) is 19.9 Å². The number of benzene rings is 1.